The standard InChI is InChI=1S/C20H18N4O6S/c1-13-9-10-21-19(11-13)22-20(25)14-3-6-16(7-4-14)31(28,29)23-17-12-15(24(26)27)5-8-18(17)30-2/h3-12,23H,1-2H3,(H,21,22,25). The number of hydrogen-bond donors (Lipinski definition) is 2. The van der Waals surface area contributed by atoms with Crippen molar-refractivity contribution in [3.05, 3.63) is 82.0 Å². The SMILES string of the molecule is COc1ccc([N+](=O)[O-])cc1NS(=O)(=O)c1ccc(C(=O)Nc2cc(C)ccn2)cc1. The third kappa shape index (κ3) is 5.14. The highest BCUT2D eigenvalue weighted by Gasteiger charge is 2.20. The van der Waals surface area contributed by atoms with Gasteiger partial charge in [0, 0.05) is 23.9 Å². The van der Waals surface area contributed by atoms with Gasteiger partial charge in [0.2, 0.25) is 0 Å². The van der Waals surface area contributed by atoms with Crippen molar-refractivity contribution in [1.29, 1.82) is 0 Å². The summed E-state index contributed by atoms with van der Waals surface area (Å²) >= 11 is 0. The molecule has 10 nitrogen and oxygen atoms in total. The predicted octanol–water partition coefficient (Wildman–Crippen LogP) is 3.36. The number of sulfonamides is 1. The highest BCUT2D eigenvalue weighted by atomic mass is 32.2. The zero-order valence-electron chi connectivity index (χ0n) is 16.5. The normalized spacial score (nSPS) is 10.9. The number of carbonyl (C=O) groups is 1. The quantitative estimate of drug-likeness (QED) is 0.422. The van der Waals surface area contributed by atoms with Crippen LogP contribution in [0.3, 0.4) is 0 Å². The van der Waals surface area contributed by atoms with Gasteiger partial charge >= 0.3 is 0 Å². The number of pyridine rings is 1. The topological polar surface area (TPSA) is 141 Å². The molecule has 0 aliphatic rings. The molecule has 1 amide bonds. The van der Waals surface area contributed by atoms with Crippen LogP contribution in [0.15, 0.2) is 65.7 Å². The number of non-ortho nitro benzene ring substituents is 1. The van der Waals surface area contributed by atoms with E-state index in [0.29, 0.717) is 5.82 Å². The number of hydrogen-bond acceptors (Lipinski definition) is 7. The number of rotatable bonds is 7. The van der Waals surface area contributed by atoms with Crippen LogP contribution < -0.4 is 14.8 Å². The maximum absolute atomic E-state index is 12.7. The van der Waals surface area contributed by atoms with E-state index >= 15 is 0 Å². The van der Waals surface area contributed by atoms with Gasteiger partial charge in [-0.2, -0.15) is 0 Å². The number of aryl methyl sites for hydroxylation is 1. The summed E-state index contributed by atoms with van der Waals surface area (Å²) in [5.41, 5.74) is 0.781. The van der Waals surface area contributed by atoms with Crippen molar-refractivity contribution in [3.63, 3.8) is 0 Å². The molecule has 2 N–H and O–H groups in total. The summed E-state index contributed by atoms with van der Waals surface area (Å²) in [7, 11) is -2.78. The maximum atomic E-state index is 12.7. The Morgan fingerprint density at radius 3 is 2.42 bits per heavy atom. The molecular formula is C20H18N4O6S. The van der Waals surface area contributed by atoms with Crippen LogP contribution in [0.2, 0.25) is 0 Å². The Balaban J connectivity index is 1.81. The Bertz CT molecular complexity index is 1240. The summed E-state index contributed by atoms with van der Waals surface area (Å²) in [6.45, 7) is 1.86. The fourth-order valence-corrected chi connectivity index (χ4v) is 3.73. The summed E-state index contributed by atoms with van der Waals surface area (Å²) < 4.78 is 32.8. The Morgan fingerprint density at radius 1 is 1.10 bits per heavy atom. The van der Waals surface area contributed by atoms with Gasteiger partial charge < -0.3 is 10.1 Å². The molecule has 11 heteroatoms. The largest absolute Gasteiger partial charge is 0.495 e. The summed E-state index contributed by atoms with van der Waals surface area (Å²) in [5.74, 6) is 0.0484. The number of ether oxygens (including phenoxy) is 1. The number of nitrogens with one attached hydrogen (secondary N) is 2. The minimum absolute atomic E-state index is 0.0796. The van der Waals surface area contributed by atoms with Crippen molar-refractivity contribution < 1.29 is 22.9 Å². The lowest BCUT2D eigenvalue weighted by Gasteiger charge is -2.12. The summed E-state index contributed by atoms with van der Waals surface area (Å²) in [6.07, 6.45) is 1.56. The van der Waals surface area contributed by atoms with Crippen molar-refractivity contribution in [2.45, 2.75) is 11.8 Å². The molecule has 31 heavy (non-hydrogen) atoms. The molecule has 1 aromatic heterocycles. The van der Waals surface area contributed by atoms with Gasteiger partial charge in [-0.05, 0) is 55.0 Å². The molecule has 0 atom stereocenters. The molecule has 0 aliphatic heterocycles. The number of aromatic nitrogens is 1. The summed E-state index contributed by atoms with van der Waals surface area (Å²) in [4.78, 5) is 26.6. The Kier molecular flexibility index (Phi) is 6.16. The third-order valence-electron chi connectivity index (χ3n) is 4.22. The molecule has 0 spiro atoms. The van der Waals surface area contributed by atoms with Gasteiger partial charge in [-0.25, -0.2) is 13.4 Å². The van der Waals surface area contributed by atoms with E-state index in [0.717, 1.165) is 11.6 Å². The van der Waals surface area contributed by atoms with Crippen molar-refractivity contribution in [2.75, 3.05) is 17.1 Å². The van der Waals surface area contributed by atoms with Gasteiger partial charge in [0.05, 0.1) is 22.6 Å². The molecule has 3 rings (SSSR count). The van der Waals surface area contributed by atoms with Crippen LogP contribution in [0.5, 0.6) is 5.75 Å². The first-order valence-electron chi connectivity index (χ1n) is 8.89. The van der Waals surface area contributed by atoms with Crippen LogP contribution in [0, 0.1) is 17.0 Å². The Labute approximate surface area is 178 Å². The number of carbonyl (C=O) groups excluding carboxylic acids is 1. The van der Waals surface area contributed by atoms with Crippen molar-refractivity contribution in [2.24, 2.45) is 0 Å². The zero-order valence-corrected chi connectivity index (χ0v) is 17.3. The Morgan fingerprint density at radius 2 is 1.81 bits per heavy atom. The average Bonchev–Trinajstić information content (AvgIpc) is 2.73. The first kappa shape index (κ1) is 21.7. The molecule has 3 aromatic rings. The van der Waals surface area contributed by atoms with Gasteiger partial charge in [-0.1, -0.05) is 0 Å². The number of anilines is 2. The first-order valence-corrected chi connectivity index (χ1v) is 10.4. The van der Waals surface area contributed by atoms with E-state index in [1.807, 2.05) is 6.92 Å². The lowest BCUT2D eigenvalue weighted by atomic mass is 10.2. The molecule has 0 radical (unpaired) electrons. The van der Waals surface area contributed by atoms with Gasteiger partial charge in [0.1, 0.15) is 11.6 Å². The molecule has 0 saturated carbocycles. The lowest BCUT2D eigenvalue weighted by Crippen LogP contribution is -2.15. The van der Waals surface area contributed by atoms with E-state index in [1.54, 1.807) is 18.3 Å². The van der Waals surface area contributed by atoms with E-state index in [4.69, 9.17) is 4.74 Å². The van der Waals surface area contributed by atoms with E-state index < -0.39 is 20.9 Å². The van der Waals surface area contributed by atoms with Crippen LogP contribution in [-0.4, -0.2) is 31.3 Å². The number of methoxy groups -OCH3 is 1. The van der Waals surface area contributed by atoms with E-state index in [1.165, 1.54) is 43.5 Å². The summed E-state index contributed by atoms with van der Waals surface area (Å²) in [6, 6.07) is 12.3. The highest BCUT2D eigenvalue weighted by molar-refractivity contribution is 7.92. The molecule has 0 fully saturated rings. The Hall–Kier alpha value is -3.99. The molecule has 0 unspecified atom stereocenters. The van der Waals surface area contributed by atoms with Crippen LogP contribution in [0.4, 0.5) is 17.2 Å². The highest BCUT2D eigenvalue weighted by Crippen LogP contribution is 2.30. The molecule has 2 aromatic carbocycles. The van der Waals surface area contributed by atoms with Gasteiger partial charge in [-0.3, -0.25) is 19.6 Å². The third-order valence-corrected chi connectivity index (χ3v) is 5.60. The second kappa shape index (κ2) is 8.79. The van der Waals surface area contributed by atoms with Crippen LogP contribution in [0.1, 0.15) is 15.9 Å². The number of nitro groups is 1. The molecule has 0 bridgehead atoms. The average molecular weight is 442 g/mol. The molecule has 1 heterocycles. The van der Waals surface area contributed by atoms with Crippen LogP contribution >= 0.6 is 0 Å². The van der Waals surface area contributed by atoms with Gasteiger partial charge in [0.15, 0.2) is 0 Å². The second-order valence-corrected chi connectivity index (χ2v) is 8.13. The van der Waals surface area contributed by atoms with E-state index in [9.17, 15) is 23.3 Å². The van der Waals surface area contributed by atoms with Crippen molar-refractivity contribution >= 4 is 33.1 Å². The number of amides is 1. The predicted molar refractivity (Wildman–Crippen MR) is 114 cm³/mol. The van der Waals surface area contributed by atoms with E-state index in [-0.39, 0.29) is 27.6 Å². The molecule has 0 aliphatic carbocycles. The zero-order chi connectivity index (χ0) is 22.6. The molecular weight excluding hydrogens is 424 g/mol. The molecule has 0 saturated heterocycles. The molecule has 160 valence electrons. The number of nitro benzene ring substituents is 1. The maximum Gasteiger partial charge on any atom is 0.271 e. The van der Waals surface area contributed by atoms with Crippen LogP contribution in [0.25, 0.3) is 0 Å². The van der Waals surface area contributed by atoms with Crippen molar-refractivity contribution in [3.8, 4) is 5.75 Å². The van der Waals surface area contributed by atoms with Gasteiger partial charge in [-0.15, -0.1) is 0 Å². The lowest BCUT2D eigenvalue weighted by molar-refractivity contribution is -0.384. The number of nitrogens with zero attached hydrogens (tertiary/aromatic N) is 2. The van der Waals surface area contributed by atoms with Crippen LogP contribution in [-0.2, 0) is 10.0 Å². The fourth-order valence-electron chi connectivity index (χ4n) is 2.67. The minimum Gasteiger partial charge on any atom is -0.495 e. The smallest absolute Gasteiger partial charge is 0.271 e. The van der Waals surface area contributed by atoms with E-state index in [2.05, 4.69) is 15.0 Å². The fraction of sp³-hybridized carbons (Fsp3) is 0.100. The monoisotopic (exact) mass is 442 g/mol. The second-order valence-electron chi connectivity index (χ2n) is 6.44. The van der Waals surface area contributed by atoms with Crippen molar-refractivity contribution in [1.82, 2.24) is 4.98 Å². The first-order chi connectivity index (χ1) is 14.7. The van der Waals surface area contributed by atoms with Gasteiger partial charge in [0.25, 0.3) is 21.6 Å². The minimum atomic E-state index is -4.09. The number of benzene rings is 2. The summed E-state index contributed by atoms with van der Waals surface area (Å²) in [5, 5.41) is 13.6.